The second-order valence-corrected chi connectivity index (χ2v) is 7.20. The van der Waals surface area contributed by atoms with Crippen LogP contribution in [-0.4, -0.2) is 35.5 Å². The number of carbonyl (C=O) groups excluding carboxylic acids is 2. The minimum atomic E-state index is -0.536. The Morgan fingerprint density at radius 1 is 1.26 bits per heavy atom. The zero-order valence-corrected chi connectivity index (χ0v) is 14.6. The lowest BCUT2D eigenvalue weighted by atomic mass is 9.88. The molecule has 0 bridgehead atoms. The van der Waals surface area contributed by atoms with E-state index in [1.165, 1.54) is 10.5 Å². The van der Waals surface area contributed by atoms with Crippen molar-refractivity contribution in [3.05, 3.63) is 35.4 Å². The molecular weight excluding hydrogens is 290 g/mol. The lowest BCUT2D eigenvalue weighted by Crippen LogP contribution is -2.45. The largest absolute Gasteiger partial charge is 0.444 e. The van der Waals surface area contributed by atoms with Gasteiger partial charge in [0.2, 0.25) is 0 Å². The molecule has 0 aliphatic carbocycles. The van der Waals surface area contributed by atoms with Crippen LogP contribution in [0.25, 0.3) is 0 Å². The number of carbonyl (C=O) groups is 2. The summed E-state index contributed by atoms with van der Waals surface area (Å²) in [5.74, 6) is -0.0188. The van der Waals surface area contributed by atoms with Crippen LogP contribution >= 0.6 is 0 Å². The van der Waals surface area contributed by atoms with Gasteiger partial charge in [0.1, 0.15) is 5.60 Å². The predicted octanol–water partition coefficient (Wildman–Crippen LogP) is 3.93. The van der Waals surface area contributed by atoms with Gasteiger partial charge in [0.05, 0.1) is 6.54 Å². The molecule has 1 fully saturated rings. The first-order valence-electron chi connectivity index (χ1n) is 8.39. The molecule has 1 aromatic rings. The number of nitrogens with zero attached hydrogens (tertiary/aromatic N) is 1. The molecule has 1 aliphatic heterocycles. The smallest absolute Gasteiger partial charge is 0.410 e. The molecule has 0 radical (unpaired) electrons. The first-order valence-corrected chi connectivity index (χ1v) is 8.39. The number of benzene rings is 1. The van der Waals surface area contributed by atoms with E-state index in [-0.39, 0.29) is 18.2 Å². The number of Topliss-reactive ketones (excluding diaryl/α,β-unsaturated/α-hetero) is 1. The standard InChI is InChI=1S/C19H27NO3/c1-5-6-14-7-9-15(10-8-14)16-11-12-20(13-17(16)21)18(22)23-19(2,3)4/h7-10,16H,5-6,11-13H2,1-4H3. The number of aryl methyl sites for hydroxylation is 1. The van der Waals surface area contributed by atoms with E-state index >= 15 is 0 Å². The van der Waals surface area contributed by atoms with E-state index in [1.807, 2.05) is 20.8 Å². The number of likely N-dealkylation sites (tertiary alicyclic amines) is 1. The van der Waals surface area contributed by atoms with Crippen molar-refractivity contribution in [2.45, 2.75) is 58.5 Å². The van der Waals surface area contributed by atoms with Crippen molar-refractivity contribution in [1.29, 1.82) is 0 Å². The Morgan fingerprint density at radius 3 is 2.43 bits per heavy atom. The normalized spacial score (nSPS) is 18.9. The summed E-state index contributed by atoms with van der Waals surface area (Å²) in [5.41, 5.74) is 1.82. The van der Waals surface area contributed by atoms with E-state index in [0.717, 1.165) is 18.4 Å². The van der Waals surface area contributed by atoms with Crippen LogP contribution in [0.5, 0.6) is 0 Å². The fraction of sp³-hybridized carbons (Fsp3) is 0.579. The topological polar surface area (TPSA) is 46.6 Å². The number of ether oxygens (including phenoxy) is 1. The maximum atomic E-state index is 12.4. The SMILES string of the molecule is CCCc1ccc(C2CCN(C(=O)OC(C)(C)C)CC2=O)cc1. The van der Waals surface area contributed by atoms with E-state index in [0.29, 0.717) is 13.0 Å². The van der Waals surface area contributed by atoms with Crippen LogP contribution in [0.3, 0.4) is 0 Å². The molecule has 0 spiro atoms. The van der Waals surface area contributed by atoms with Gasteiger partial charge in [-0.2, -0.15) is 0 Å². The summed E-state index contributed by atoms with van der Waals surface area (Å²) >= 11 is 0. The van der Waals surface area contributed by atoms with Gasteiger partial charge in [0.15, 0.2) is 5.78 Å². The molecule has 126 valence electrons. The van der Waals surface area contributed by atoms with Crippen molar-refractivity contribution in [3.8, 4) is 0 Å². The van der Waals surface area contributed by atoms with Crippen molar-refractivity contribution < 1.29 is 14.3 Å². The third-order valence-corrected chi connectivity index (χ3v) is 4.00. The lowest BCUT2D eigenvalue weighted by molar-refractivity contribution is -0.123. The third-order valence-electron chi connectivity index (χ3n) is 4.00. The highest BCUT2D eigenvalue weighted by Crippen LogP contribution is 2.26. The predicted molar refractivity (Wildman–Crippen MR) is 90.6 cm³/mol. The summed E-state index contributed by atoms with van der Waals surface area (Å²) in [5, 5.41) is 0. The highest BCUT2D eigenvalue weighted by Gasteiger charge is 2.32. The summed E-state index contributed by atoms with van der Waals surface area (Å²) in [4.78, 5) is 26.0. The summed E-state index contributed by atoms with van der Waals surface area (Å²) in [6.07, 6.45) is 2.44. The fourth-order valence-corrected chi connectivity index (χ4v) is 2.86. The average Bonchev–Trinajstić information content (AvgIpc) is 2.47. The first kappa shape index (κ1) is 17.5. The van der Waals surface area contributed by atoms with Crippen molar-refractivity contribution in [1.82, 2.24) is 4.90 Å². The fourth-order valence-electron chi connectivity index (χ4n) is 2.86. The van der Waals surface area contributed by atoms with Crippen LogP contribution in [0, 0.1) is 0 Å². The van der Waals surface area contributed by atoms with Gasteiger partial charge in [-0.25, -0.2) is 4.79 Å². The Hall–Kier alpha value is -1.84. The van der Waals surface area contributed by atoms with Crippen LogP contribution in [0.4, 0.5) is 4.79 Å². The molecule has 1 aromatic carbocycles. The van der Waals surface area contributed by atoms with Crippen molar-refractivity contribution in [3.63, 3.8) is 0 Å². The second kappa shape index (κ2) is 7.16. The molecule has 1 aliphatic rings. The lowest BCUT2D eigenvalue weighted by Gasteiger charge is -2.32. The quantitative estimate of drug-likeness (QED) is 0.848. The molecule has 0 aromatic heterocycles. The maximum Gasteiger partial charge on any atom is 0.410 e. The molecule has 1 heterocycles. The number of ketones is 1. The van der Waals surface area contributed by atoms with Gasteiger partial charge in [-0.05, 0) is 44.7 Å². The molecule has 0 N–H and O–H groups in total. The van der Waals surface area contributed by atoms with Gasteiger partial charge in [-0.3, -0.25) is 4.79 Å². The van der Waals surface area contributed by atoms with Crippen LogP contribution in [-0.2, 0) is 16.0 Å². The van der Waals surface area contributed by atoms with E-state index < -0.39 is 11.7 Å². The molecule has 0 saturated carbocycles. The minimum Gasteiger partial charge on any atom is -0.444 e. The molecule has 23 heavy (non-hydrogen) atoms. The molecule has 1 unspecified atom stereocenters. The van der Waals surface area contributed by atoms with E-state index in [1.54, 1.807) is 0 Å². The molecule has 1 saturated heterocycles. The van der Waals surface area contributed by atoms with Crippen molar-refractivity contribution in [2.24, 2.45) is 0 Å². The van der Waals surface area contributed by atoms with Crippen LogP contribution < -0.4 is 0 Å². The molecule has 4 nitrogen and oxygen atoms in total. The molecule has 2 rings (SSSR count). The summed E-state index contributed by atoms with van der Waals surface area (Å²) < 4.78 is 5.34. The highest BCUT2D eigenvalue weighted by atomic mass is 16.6. The molecule has 1 amide bonds. The van der Waals surface area contributed by atoms with Gasteiger partial charge in [0, 0.05) is 12.5 Å². The molecule has 4 heteroatoms. The monoisotopic (exact) mass is 317 g/mol. The summed E-state index contributed by atoms with van der Waals surface area (Å²) in [7, 11) is 0. The summed E-state index contributed by atoms with van der Waals surface area (Å²) in [6, 6.07) is 8.31. The Morgan fingerprint density at radius 2 is 1.91 bits per heavy atom. The zero-order chi connectivity index (χ0) is 17.0. The van der Waals surface area contributed by atoms with Crippen LogP contribution in [0.2, 0.25) is 0 Å². The number of rotatable bonds is 3. The van der Waals surface area contributed by atoms with E-state index in [2.05, 4.69) is 31.2 Å². The van der Waals surface area contributed by atoms with Crippen molar-refractivity contribution >= 4 is 11.9 Å². The second-order valence-electron chi connectivity index (χ2n) is 7.20. The van der Waals surface area contributed by atoms with E-state index in [9.17, 15) is 9.59 Å². The van der Waals surface area contributed by atoms with Crippen molar-refractivity contribution in [2.75, 3.05) is 13.1 Å². The minimum absolute atomic E-state index is 0.0883. The Balaban J connectivity index is 1.98. The Bertz CT molecular complexity index is 557. The maximum absolute atomic E-state index is 12.4. The number of amides is 1. The van der Waals surface area contributed by atoms with Gasteiger partial charge in [-0.15, -0.1) is 0 Å². The number of piperidine rings is 1. The van der Waals surface area contributed by atoms with Gasteiger partial charge >= 0.3 is 6.09 Å². The molecule has 1 atom stereocenters. The number of hydrogen-bond acceptors (Lipinski definition) is 3. The highest BCUT2D eigenvalue weighted by molar-refractivity contribution is 5.90. The number of hydrogen-bond donors (Lipinski definition) is 0. The van der Waals surface area contributed by atoms with E-state index in [4.69, 9.17) is 4.74 Å². The van der Waals surface area contributed by atoms with Crippen LogP contribution in [0.1, 0.15) is 57.6 Å². The average molecular weight is 317 g/mol. The third kappa shape index (κ3) is 4.81. The van der Waals surface area contributed by atoms with Gasteiger partial charge in [0.25, 0.3) is 0 Å². The zero-order valence-electron chi connectivity index (χ0n) is 14.6. The van der Waals surface area contributed by atoms with Crippen LogP contribution in [0.15, 0.2) is 24.3 Å². The van der Waals surface area contributed by atoms with Gasteiger partial charge in [-0.1, -0.05) is 37.6 Å². The summed E-state index contributed by atoms with van der Waals surface area (Å²) in [6.45, 7) is 8.34. The molecular formula is C19H27NO3. The Labute approximate surface area is 138 Å². The Kier molecular flexibility index (Phi) is 5.45. The van der Waals surface area contributed by atoms with Gasteiger partial charge < -0.3 is 9.64 Å². The first-order chi connectivity index (χ1) is 10.8.